The molecule has 0 saturated carbocycles. The number of likely N-dealkylation sites (tertiary alicyclic amines) is 1. The molecule has 0 aliphatic carbocycles. The largest absolute Gasteiger partial charge is 0.481 e. The zero-order valence-electron chi connectivity index (χ0n) is 8.32. The fourth-order valence-corrected chi connectivity index (χ4v) is 1.72. The smallest absolute Gasteiger partial charge is 0.303 e. The van der Waals surface area contributed by atoms with Crippen LogP contribution in [0.5, 0.6) is 0 Å². The van der Waals surface area contributed by atoms with Gasteiger partial charge in [-0.1, -0.05) is 0 Å². The molecule has 0 spiro atoms. The Hall–Kier alpha value is -1.10. The Morgan fingerprint density at radius 2 is 2.36 bits per heavy atom. The molecule has 1 amide bonds. The number of aliphatic carboxylic acids is 1. The molecule has 80 valence electrons. The molecule has 1 aliphatic heterocycles. The molecule has 1 unspecified atom stereocenters. The van der Waals surface area contributed by atoms with Gasteiger partial charge < -0.3 is 15.7 Å². The number of likely N-dealkylation sites (N-methyl/N-ethyl adjacent to an activating group) is 1. The monoisotopic (exact) mass is 200 g/mol. The van der Waals surface area contributed by atoms with Crippen LogP contribution in [0.1, 0.15) is 26.2 Å². The average Bonchev–Trinajstić information content (AvgIpc) is 2.42. The van der Waals surface area contributed by atoms with Crippen molar-refractivity contribution in [2.45, 2.75) is 31.7 Å². The molecule has 3 N–H and O–H groups in total. The van der Waals surface area contributed by atoms with Crippen molar-refractivity contribution in [3.63, 3.8) is 0 Å². The Labute approximate surface area is 82.9 Å². The molecule has 1 atom stereocenters. The van der Waals surface area contributed by atoms with Crippen LogP contribution < -0.4 is 5.73 Å². The lowest BCUT2D eigenvalue weighted by molar-refractivity contribution is -0.138. The molecular formula is C9H16N2O3. The first-order chi connectivity index (χ1) is 6.49. The zero-order chi connectivity index (χ0) is 10.8. The molecule has 0 bridgehead atoms. The van der Waals surface area contributed by atoms with E-state index in [1.807, 2.05) is 6.92 Å². The van der Waals surface area contributed by atoms with Crippen molar-refractivity contribution in [1.29, 1.82) is 0 Å². The van der Waals surface area contributed by atoms with Crippen LogP contribution in [0, 0.1) is 0 Å². The molecule has 0 aromatic carbocycles. The van der Waals surface area contributed by atoms with Crippen molar-refractivity contribution < 1.29 is 14.7 Å². The predicted octanol–water partition coefficient (Wildman–Crippen LogP) is -0.199. The Balaban J connectivity index is 2.58. The van der Waals surface area contributed by atoms with Gasteiger partial charge in [0.25, 0.3) is 0 Å². The summed E-state index contributed by atoms with van der Waals surface area (Å²) in [7, 11) is 0. The molecule has 14 heavy (non-hydrogen) atoms. The number of nitrogens with zero attached hydrogens (tertiary/aromatic N) is 1. The van der Waals surface area contributed by atoms with Crippen molar-refractivity contribution in [2.24, 2.45) is 5.73 Å². The van der Waals surface area contributed by atoms with E-state index in [2.05, 4.69) is 0 Å². The number of carbonyl (C=O) groups is 2. The first-order valence-corrected chi connectivity index (χ1v) is 4.79. The third kappa shape index (κ3) is 2.04. The third-order valence-corrected chi connectivity index (χ3v) is 2.71. The molecular weight excluding hydrogens is 184 g/mol. The molecule has 1 rings (SSSR count). The van der Waals surface area contributed by atoms with Crippen LogP contribution in [-0.2, 0) is 9.59 Å². The highest BCUT2D eigenvalue weighted by atomic mass is 16.4. The van der Waals surface area contributed by atoms with Crippen molar-refractivity contribution in [1.82, 2.24) is 4.90 Å². The standard InChI is InChI=1S/C9H16N2O3/c1-2-11-6-5-9(10,8(11)14)4-3-7(12)13/h2-6,10H2,1H3,(H,12,13). The summed E-state index contributed by atoms with van der Waals surface area (Å²) in [5.41, 5.74) is 4.93. The first kappa shape index (κ1) is 11.0. The highest BCUT2D eigenvalue weighted by Crippen LogP contribution is 2.24. The van der Waals surface area contributed by atoms with Crippen molar-refractivity contribution >= 4 is 11.9 Å². The van der Waals surface area contributed by atoms with Crippen molar-refractivity contribution in [2.75, 3.05) is 13.1 Å². The van der Waals surface area contributed by atoms with E-state index in [1.54, 1.807) is 4.90 Å². The molecule has 5 nitrogen and oxygen atoms in total. The number of carbonyl (C=O) groups excluding carboxylic acids is 1. The van der Waals surface area contributed by atoms with E-state index in [0.717, 1.165) is 0 Å². The fourth-order valence-electron chi connectivity index (χ4n) is 1.72. The van der Waals surface area contributed by atoms with Gasteiger partial charge in [-0.3, -0.25) is 9.59 Å². The van der Waals surface area contributed by atoms with Crippen molar-refractivity contribution in [3.8, 4) is 0 Å². The summed E-state index contributed by atoms with van der Waals surface area (Å²) in [6, 6.07) is 0. The minimum Gasteiger partial charge on any atom is -0.481 e. The number of rotatable bonds is 4. The number of carboxylic acid groups (broad SMARTS) is 1. The van der Waals surface area contributed by atoms with Crippen LogP contribution in [0.4, 0.5) is 0 Å². The Morgan fingerprint density at radius 1 is 1.71 bits per heavy atom. The van der Waals surface area contributed by atoms with Gasteiger partial charge in [0.05, 0.1) is 5.54 Å². The summed E-state index contributed by atoms with van der Waals surface area (Å²) in [5.74, 6) is -1.01. The quantitative estimate of drug-likeness (QED) is 0.658. The number of hydrogen-bond donors (Lipinski definition) is 2. The molecule has 1 heterocycles. The number of hydrogen-bond acceptors (Lipinski definition) is 3. The molecule has 0 radical (unpaired) electrons. The lowest BCUT2D eigenvalue weighted by atomic mass is 9.93. The summed E-state index contributed by atoms with van der Waals surface area (Å²) in [6.45, 7) is 3.18. The minimum absolute atomic E-state index is 0.0419. The van der Waals surface area contributed by atoms with Crippen LogP contribution in [0.3, 0.4) is 0 Å². The summed E-state index contributed by atoms with van der Waals surface area (Å²) in [4.78, 5) is 23.7. The van der Waals surface area contributed by atoms with Crippen LogP contribution in [0.15, 0.2) is 0 Å². The maximum Gasteiger partial charge on any atom is 0.303 e. The normalized spacial score (nSPS) is 27.0. The molecule has 1 fully saturated rings. The lowest BCUT2D eigenvalue weighted by Gasteiger charge is -2.21. The van der Waals surface area contributed by atoms with Crippen LogP contribution in [0.2, 0.25) is 0 Å². The molecule has 0 aromatic heterocycles. The van der Waals surface area contributed by atoms with Gasteiger partial charge in [-0.15, -0.1) is 0 Å². The Morgan fingerprint density at radius 3 is 2.79 bits per heavy atom. The summed E-state index contributed by atoms with van der Waals surface area (Å²) >= 11 is 0. The van der Waals surface area contributed by atoms with E-state index in [9.17, 15) is 9.59 Å². The third-order valence-electron chi connectivity index (χ3n) is 2.71. The van der Waals surface area contributed by atoms with Gasteiger partial charge in [0.2, 0.25) is 5.91 Å². The van der Waals surface area contributed by atoms with Crippen molar-refractivity contribution in [3.05, 3.63) is 0 Å². The summed E-state index contributed by atoms with van der Waals surface area (Å²) in [6.07, 6.45) is 0.754. The number of amides is 1. The van der Waals surface area contributed by atoms with Gasteiger partial charge in [0.15, 0.2) is 0 Å². The van der Waals surface area contributed by atoms with E-state index in [1.165, 1.54) is 0 Å². The van der Waals surface area contributed by atoms with E-state index in [-0.39, 0.29) is 18.7 Å². The van der Waals surface area contributed by atoms with Gasteiger partial charge in [-0.25, -0.2) is 0 Å². The summed E-state index contributed by atoms with van der Waals surface area (Å²) in [5, 5.41) is 8.52. The summed E-state index contributed by atoms with van der Waals surface area (Å²) < 4.78 is 0. The Kier molecular flexibility index (Phi) is 3.10. The molecule has 5 heteroatoms. The number of carboxylic acids is 1. The zero-order valence-corrected chi connectivity index (χ0v) is 8.32. The Bertz CT molecular complexity index is 254. The highest BCUT2D eigenvalue weighted by Gasteiger charge is 2.42. The number of nitrogens with two attached hydrogens (primary N) is 1. The molecule has 1 aliphatic rings. The first-order valence-electron chi connectivity index (χ1n) is 4.79. The van der Waals surface area contributed by atoms with Crippen LogP contribution >= 0.6 is 0 Å². The predicted molar refractivity (Wildman–Crippen MR) is 50.7 cm³/mol. The minimum atomic E-state index is -0.936. The average molecular weight is 200 g/mol. The SMILES string of the molecule is CCN1CCC(N)(CCC(=O)O)C1=O. The van der Waals surface area contributed by atoms with Gasteiger partial charge in [-0.05, 0) is 19.8 Å². The lowest BCUT2D eigenvalue weighted by Crippen LogP contribution is -2.48. The van der Waals surface area contributed by atoms with E-state index in [4.69, 9.17) is 10.8 Å². The van der Waals surface area contributed by atoms with Crippen LogP contribution in [-0.4, -0.2) is 40.5 Å². The topological polar surface area (TPSA) is 83.6 Å². The second-order valence-electron chi connectivity index (χ2n) is 3.68. The second kappa shape index (κ2) is 3.96. The fraction of sp³-hybridized carbons (Fsp3) is 0.778. The maximum atomic E-state index is 11.7. The van der Waals surface area contributed by atoms with E-state index < -0.39 is 11.5 Å². The van der Waals surface area contributed by atoms with E-state index in [0.29, 0.717) is 19.5 Å². The molecule has 0 aromatic rings. The van der Waals surface area contributed by atoms with Gasteiger partial charge in [-0.2, -0.15) is 0 Å². The highest BCUT2D eigenvalue weighted by molar-refractivity contribution is 5.88. The van der Waals surface area contributed by atoms with Gasteiger partial charge >= 0.3 is 5.97 Å². The second-order valence-corrected chi connectivity index (χ2v) is 3.68. The van der Waals surface area contributed by atoms with Gasteiger partial charge in [0, 0.05) is 19.5 Å². The van der Waals surface area contributed by atoms with Gasteiger partial charge in [0.1, 0.15) is 0 Å². The maximum absolute atomic E-state index is 11.7. The van der Waals surface area contributed by atoms with E-state index >= 15 is 0 Å². The molecule has 1 saturated heterocycles. The van der Waals surface area contributed by atoms with Crippen LogP contribution in [0.25, 0.3) is 0 Å².